The first-order valence-electron chi connectivity index (χ1n) is 8.16. The number of nitrogens with zero attached hydrogens (tertiary/aromatic N) is 4. The predicted molar refractivity (Wildman–Crippen MR) is 90.3 cm³/mol. The van der Waals surface area contributed by atoms with Gasteiger partial charge in [-0.3, -0.25) is 4.79 Å². The molecule has 0 N–H and O–H groups in total. The topological polar surface area (TPSA) is 58.6 Å². The number of aryl methyl sites for hydroxylation is 1. The Kier molecular flexibility index (Phi) is 3.59. The maximum absolute atomic E-state index is 12.9. The van der Waals surface area contributed by atoms with E-state index in [0.29, 0.717) is 11.3 Å². The molecule has 0 radical (unpaired) electrons. The van der Waals surface area contributed by atoms with Crippen LogP contribution in [0.25, 0.3) is 0 Å². The Hall–Kier alpha value is -2.63. The molecule has 3 aliphatic rings. The first kappa shape index (κ1) is 14.9. The highest BCUT2D eigenvalue weighted by Gasteiger charge is 2.48. The van der Waals surface area contributed by atoms with Crippen molar-refractivity contribution in [3.8, 4) is 5.75 Å². The molecule has 2 bridgehead atoms. The highest BCUT2D eigenvalue weighted by atomic mass is 16.5. The summed E-state index contributed by atoms with van der Waals surface area (Å²) in [5.41, 5.74) is 1.60. The van der Waals surface area contributed by atoms with Gasteiger partial charge in [0.25, 0.3) is 5.91 Å². The highest BCUT2D eigenvalue weighted by Crippen LogP contribution is 2.36. The van der Waals surface area contributed by atoms with E-state index >= 15 is 0 Å². The Labute approximate surface area is 141 Å². The van der Waals surface area contributed by atoms with E-state index in [1.165, 1.54) is 0 Å². The number of piperidine rings is 1. The minimum Gasteiger partial charge on any atom is -0.496 e. The van der Waals surface area contributed by atoms with Gasteiger partial charge < -0.3 is 14.5 Å². The number of para-hydroxylation sites is 1. The van der Waals surface area contributed by atoms with Gasteiger partial charge in [-0.05, 0) is 25.5 Å². The van der Waals surface area contributed by atoms with Gasteiger partial charge in [0.05, 0.1) is 24.8 Å². The van der Waals surface area contributed by atoms with Gasteiger partial charge in [0.2, 0.25) is 0 Å². The summed E-state index contributed by atoms with van der Waals surface area (Å²) in [4.78, 5) is 25.7. The highest BCUT2D eigenvalue weighted by molar-refractivity contribution is 5.98. The molecule has 3 aliphatic heterocycles. The number of anilines is 1. The summed E-state index contributed by atoms with van der Waals surface area (Å²) in [6, 6.07) is 9.89. The fourth-order valence-electron chi connectivity index (χ4n) is 3.70. The Balaban J connectivity index is 1.52. The van der Waals surface area contributed by atoms with Crippen LogP contribution in [0.4, 0.5) is 5.82 Å². The minimum atomic E-state index is 0.0622. The molecule has 3 saturated heterocycles. The summed E-state index contributed by atoms with van der Waals surface area (Å²) in [6.07, 6.45) is 2.66. The monoisotopic (exact) mass is 324 g/mol. The molecule has 0 aliphatic carbocycles. The normalized spacial score (nSPS) is 22.1. The molecular weight excluding hydrogens is 304 g/mol. The minimum absolute atomic E-state index is 0.0622. The zero-order chi connectivity index (χ0) is 16.7. The molecule has 6 heteroatoms. The van der Waals surface area contributed by atoms with Crippen LogP contribution < -0.4 is 9.64 Å². The van der Waals surface area contributed by atoms with Crippen molar-refractivity contribution in [1.29, 1.82) is 0 Å². The third kappa shape index (κ3) is 2.38. The maximum atomic E-state index is 12.9. The van der Waals surface area contributed by atoms with Crippen molar-refractivity contribution in [2.24, 2.45) is 0 Å². The van der Waals surface area contributed by atoms with Gasteiger partial charge in [-0.15, -0.1) is 0 Å². The first-order valence-corrected chi connectivity index (χ1v) is 8.16. The number of aromatic nitrogens is 2. The second kappa shape index (κ2) is 5.78. The van der Waals surface area contributed by atoms with Crippen LogP contribution in [0.2, 0.25) is 0 Å². The predicted octanol–water partition coefficient (Wildman–Crippen LogP) is 1.90. The average molecular weight is 324 g/mol. The SMILES string of the molecule is COc1ccccc1C(=O)N1C2CC1CN(c1cc(C)ncn1)C2. The molecule has 5 rings (SSSR count). The third-order valence-corrected chi connectivity index (χ3v) is 4.88. The summed E-state index contributed by atoms with van der Waals surface area (Å²) in [5.74, 6) is 1.64. The van der Waals surface area contributed by atoms with Crippen LogP contribution in [0.1, 0.15) is 22.5 Å². The third-order valence-electron chi connectivity index (χ3n) is 4.88. The lowest BCUT2D eigenvalue weighted by molar-refractivity contribution is 0.00552. The van der Waals surface area contributed by atoms with E-state index in [-0.39, 0.29) is 18.0 Å². The lowest BCUT2D eigenvalue weighted by atomic mass is 9.86. The van der Waals surface area contributed by atoms with Gasteiger partial charge >= 0.3 is 0 Å². The van der Waals surface area contributed by atoms with Crippen molar-refractivity contribution in [1.82, 2.24) is 14.9 Å². The molecule has 4 heterocycles. The standard InChI is InChI=1S/C18H20N4O2/c1-12-7-17(20-11-19-12)21-9-13-8-14(10-21)22(13)18(23)15-5-3-4-6-16(15)24-2/h3-7,11,13-14H,8-10H2,1-2H3. The number of ether oxygens (including phenoxy) is 1. The molecule has 1 aromatic heterocycles. The maximum Gasteiger partial charge on any atom is 0.258 e. The summed E-state index contributed by atoms with van der Waals surface area (Å²) >= 11 is 0. The van der Waals surface area contributed by atoms with E-state index in [1.807, 2.05) is 42.2 Å². The molecule has 3 fully saturated rings. The van der Waals surface area contributed by atoms with Gasteiger partial charge in [-0.25, -0.2) is 9.97 Å². The summed E-state index contributed by atoms with van der Waals surface area (Å²) in [7, 11) is 1.60. The van der Waals surface area contributed by atoms with Crippen LogP contribution in [-0.2, 0) is 0 Å². The van der Waals surface area contributed by atoms with Crippen molar-refractivity contribution in [3.05, 3.63) is 47.9 Å². The number of methoxy groups -OCH3 is 1. The van der Waals surface area contributed by atoms with Crippen molar-refractivity contribution in [2.75, 3.05) is 25.1 Å². The van der Waals surface area contributed by atoms with Crippen LogP contribution in [-0.4, -0.2) is 53.1 Å². The van der Waals surface area contributed by atoms with Crippen LogP contribution in [0.3, 0.4) is 0 Å². The molecule has 2 atom stereocenters. The molecule has 0 saturated carbocycles. The van der Waals surface area contributed by atoms with Crippen LogP contribution in [0.15, 0.2) is 36.7 Å². The number of carbonyl (C=O) groups is 1. The number of benzene rings is 1. The quantitative estimate of drug-likeness (QED) is 0.863. The fourth-order valence-corrected chi connectivity index (χ4v) is 3.70. The van der Waals surface area contributed by atoms with E-state index in [1.54, 1.807) is 13.4 Å². The summed E-state index contributed by atoms with van der Waals surface area (Å²) in [5, 5.41) is 0. The average Bonchev–Trinajstić information content (AvgIpc) is 2.61. The second-order valence-corrected chi connectivity index (χ2v) is 6.38. The van der Waals surface area contributed by atoms with E-state index < -0.39 is 0 Å². The number of carbonyl (C=O) groups excluding carboxylic acids is 1. The molecule has 6 nitrogen and oxygen atoms in total. The molecule has 1 amide bonds. The molecule has 124 valence electrons. The largest absolute Gasteiger partial charge is 0.496 e. The smallest absolute Gasteiger partial charge is 0.258 e. The molecular formula is C18H20N4O2. The molecule has 2 aromatic rings. The fraction of sp³-hybridized carbons (Fsp3) is 0.389. The van der Waals surface area contributed by atoms with E-state index in [9.17, 15) is 4.79 Å². The van der Waals surface area contributed by atoms with Crippen LogP contribution in [0.5, 0.6) is 5.75 Å². The van der Waals surface area contributed by atoms with E-state index in [0.717, 1.165) is 31.0 Å². The summed E-state index contributed by atoms with van der Waals surface area (Å²) in [6.45, 7) is 3.59. The zero-order valence-corrected chi connectivity index (χ0v) is 13.8. The Bertz CT molecular complexity index is 767. The van der Waals surface area contributed by atoms with E-state index in [2.05, 4.69) is 14.9 Å². The molecule has 2 unspecified atom stereocenters. The van der Waals surface area contributed by atoms with Gasteiger partial charge in [-0.1, -0.05) is 12.1 Å². The van der Waals surface area contributed by atoms with Crippen molar-refractivity contribution < 1.29 is 9.53 Å². The van der Waals surface area contributed by atoms with Crippen molar-refractivity contribution >= 4 is 11.7 Å². The zero-order valence-electron chi connectivity index (χ0n) is 13.8. The number of piperazine rings is 1. The van der Waals surface area contributed by atoms with Crippen molar-refractivity contribution in [3.63, 3.8) is 0 Å². The van der Waals surface area contributed by atoms with Crippen LogP contribution in [0, 0.1) is 6.92 Å². The molecule has 0 spiro atoms. The van der Waals surface area contributed by atoms with Gasteiger partial charge in [0.15, 0.2) is 0 Å². The summed E-state index contributed by atoms with van der Waals surface area (Å²) < 4.78 is 5.34. The second-order valence-electron chi connectivity index (χ2n) is 6.38. The van der Waals surface area contributed by atoms with Gasteiger partial charge in [-0.2, -0.15) is 0 Å². The van der Waals surface area contributed by atoms with E-state index in [4.69, 9.17) is 4.74 Å². The number of fused-ring (bicyclic) bond motifs is 2. The molecule has 1 aromatic carbocycles. The number of rotatable bonds is 3. The lowest BCUT2D eigenvalue weighted by Crippen LogP contribution is -2.70. The Morgan fingerprint density at radius 3 is 2.67 bits per heavy atom. The van der Waals surface area contributed by atoms with Gasteiger partial charge in [0.1, 0.15) is 17.9 Å². The van der Waals surface area contributed by atoms with Crippen LogP contribution >= 0.6 is 0 Å². The first-order chi connectivity index (χ1) is 11.7. The Morgan fingerprint density at radius 2 is 1.96 bits per heavy atom. The molecule has 24 heavy (non-hydrogen) atoms. The number of hydrogen-bond acceptors (Lipinski definition) is 5. The van der Waals surface area contributed by atoms with Gasteiger partial charge in [0, 0.05) is 24.8 Å². The number of amides is 1. The number of hydrogen-bond donors (Lipinski definition) is 0. The lowest BCUT2D eigenvalue weighted by Gasteiger charge is -2.56. The Morgan fingerprint density at radius 1 is 1.21 bits per heavy atom. The van der Waals surface area contributed by atoms with Crippen molar-refractivity contribution in [2.45, 2.75) is 25.4 Å².